The molecule has 2 aromatic rings. The summed E-state index contributed by atoms with van der Waals surface area (Å²) in [5.41, 5.74) is 2.17. The predicted molar refractivity (Wildman–Crippen MR) is 57.0 cm³/mol. The van der Waals surface area contributed by atoms with Crippen LogP contribution in [0.5, 0.6) is 0 Å². The first-order chi connectivity index (χ1) is 6.81. The van der Waals surface area contributed by atoms with E-state index in [-0.39, 0.29) is 6.90 Å². The smallest absolute Gasteiger partial charge is 0.0904 e. The van der Waals surface area contributed by atoms with Gasteiger partial charge in [0.1, 0.15) is 0 Å². The van der Waals surface area contributed by atoms with Crippen molar-refractivity contribution < 1.29 is 1.37 Å². The minimum atomic E-state index is 0.276. The molecule has 0 aliphatic rings. The second-order valence-electron chi connectivity index (χ2n) is 2.88. The molecular weight excluding hydrogens is 178 g/mol. The van der Waals surface area contributed by atoms with E-state index in [2.05, 4.69) is 24.0 Å². The van der Waals surface area contributed by atoms with Crippen LogP contribution in [0.3, 0.4) is 0 Å². The van der Waals surface area contributed by atoms with Gasteiger partial charge in [0.05, 0.1) is 10.7 Å². The maximum Gasteiger partial charge on any atom is 0.0904 e. The van der Waals surface area contributed by atoms with E-state index in [1.54, 1.807) is 11.3 Å². The summed E-state index contributed by atoms with van der Waals surface area (Å²) < 4.78 is 7.26. The number of rotatable bonds is 1. The van der Waals surface area contributed by atoms with Crippen molar-refractivity contribution in [1.82, 2.24) is 4.98 Å². The fraction of sp³-hybridized carbons (Fsp3) is 0.182. The molecule has 66 valence electrons. The SMILES string of the molecule is [2H]Cc1nc(-c2ccccc2)c(C)s1. The Hall–Kier alpha value is -1.15. The van der Waals surface area contributed by atoms with Crippen LogP contribution in [0.4, 0.5) is 0 Å². The predicted octanol–water partition coefficient (Wildman–Crippen LogP) is 3.43. The summed E-state index contributed by atoms with van der Waals surface area (Å²) in [6.45, 7) is 2.33. The van der Waals surface area contributed by atoms with Gasteiger partial charge in [-0.15, -0.1) is 11.3 Å². The second kappa shape index (κ2) is 3.30. The minimum Gasteiger partial charge on any atom is -0.241 e. The quantitative estimate of drug-likeness (QED) is 0.671. The topological polar surface area (TPSA) is 12.9 Å². The lowest BCUT2D eigenvalue weighted by Crippen LogP contribution is -1.79. The number of aryl methyl sites for hydroxylation is 2. The Labute approximate surface area is 83.5 Å². The van der Waals surface area contributed by atoms with Crippen molar-refractivity contribution in [3.05, 3.63) is 40.2 Å². The van der Waals surface area contributed by atoms with E-state index in [1.165, 1.54) is 4.88 Å². The summed E-state index contributed by atoms with van der Waals surface area (Å²) in [5.74, 6) is 0. The van der Waals surface area contributed by atoms with Crippen LogP contribution >= 0.6 is 11.3 Å². The van der Waals surface area contributed by atoms with Crippen LogP contribution in [0.2, 0.25) is 0 Å². The summed E-state index contributed by atoms with van der Waals surface area (Å²) in [7, 11) is 0. The molecule has 2 heteroatoms. The van der Waals surface area contributed by atoms with Gasteiger partial charge in [-0.3, -0.25) is 0 Å². The van der Waals surface area contributed by atoms with Gasteiger partial charge in [0, 0.05) is 11.8 Å². The van der Waals surface area contributed by atoms with E-state index in [4.69, 9.17) is 1.37 Å². The van der Waals surface area contributed by atoms with Gasteiger partial charge in [-0.2, -0.15) is 0 Å². The van der Waals surface area contributed by atoms with Crippen LogP contribution in [-0.2, 0) is 0 Å². The number of hydrogen-bond donors (Lipinski definition) is 0. The first kappa shape index (κ1) is 7.27. The van der Waals surface area contributed by atoms with Gasteiger partial charge in [-0.25, -0.2) is 4.98 Å². The zero-order valence-corrected chi connectivity index (χ0v) is 8.27. The lowest BCUT2D eigenvalue weighted by molar-refractivity contribution is 1.28. The third-order valence-corrected chi connectivity index (χ3v) is 2.71. The van der Waals surface area contributed by atoms with Gasteiger partial charge in [0.2, 0.25) is 0 Å². The average molecular weight is 190 g/mol. The number of thiazole rings is 1. The summed E-state index contributed by atoms with van der Waals surface area (Å²) in [6.07, 6.45) is 0. The number of hydrogen-bond acceptors (Lipinski definition) is 2. The Morgan fingerprint density at radius 1 is 1.31 bits per heavy atom. The average Bonchev–Trinajstić information content (AvgIpc) is 2.61. The van der Waals surface area contributed by atoms with Crippen molar-refractivity contribution in [2.45, 2.75) is 13.8 Å². The van der Waals surface area contributed by atoms with E-state index >= 15 is 0 Å². The van der Waals surface area contributed by atoms with Crippen LogP contribution in [-0.4, -0.2) is 4.98 Å². The molecule has 0 bridgehead atoms. The molecule has 0 saturated carbocycles. The minimum absolute atomic E-state index is 0.276. The molecule has 0 radical (unpaired) electrons. The molecule has 0 atom stereocenters. The van der Waals surface area contributed by atoms with Crippen LogP contribution in [0.15, 0.2) is 30.3 Å². The van der Waals surface area contributed by atoms with Gasteiger partial charge < -0.3 is 0 Å². The number of benzene rings is 1. The molecule has 0 aliphatic carbocycles. The molecule has 1 nitrogen and oxygen atoms in total. The molecule has 2 rings (SSSR count). The fourth-order valence-corrected chi connectivity index (χ4v) is 2.07. The van der Waals surface area contributed by atoms with Crippen molar-refractivity contribution in [2.75, 3.05) is 0 Å². The molecule has 0 saturated heterocycles. The van der Waals surface area contributed by atoms with Gasteiger partial charge >= 0.3 is 0 Å². The summed E-state index contributed by atoms with van der Waals surface area (Å²) in [5, 5.41) is 0.890. The highest BCUT2D eigenvalue weighted by Gasteiger charge is 2.05. The van der Waals surface area contributed by atoms with Crippen molar-refractivity contribution in [3.63, 3.8) is 0 Å². The van der Waals surface area contributed by atoms with Crippen molar-refractivity contribution in [2.24, 2.45) is 0 Å². The normalized spacial score (nSPS) is 11.3. The molecular formula is C11H11NS. The third kappa shape index (κ3) is 1.63. The van der Waals surface area contributed by atoms with Gasteiger partial charge in [-0.05, 0) is 13.8 Å². The van der Waals surface area contributed by atoms with Crippen LogP contribution in [0.25, 0.3) is 11.3 Å². The molecule has 0 unspecified atom stereocenters. The van der Waals surface area contributed by atoms with E-state index in [9.17, 15) is 0 Å². The number of aromatic nitrogens is 1. The molecule has 0 fully saturated rings. The molecule has 1 aromatic carbocycles. The highest BCUT2D eigenvalue weighted by molar-refractivity contribution is 7.11. The van der Waals surface area contributed by atoms with Gasteiger partial charge in [0.15, 0.2) is 0 Å². The molecule has 0 N–H and O–H groups in total. The van der Waals surface area contributed by atoms with Gasteiger partial charge in [-0.1, -0.05) is 30.3 Å². The van der Waals surface area contributed by atoms with E-state index in [0.717, 1.165) is 16.3 Å². The van der Waals surface area contributed by atoms with E-state index in [0.29, 0.717) is 0 Å². The summed E-state index contributed by atoms with van der Waals surface area (Å²) >= 11 is 1.61. The molecule has 0 spiro atoms. The maximum atomic E-state index is 7.26. The summed E-state index contributed by atoms with van der Waals surface area (Å²) in [6, 6.07) is 10.1. The Kier molecular flexibility index (Phi) is 1.85. The zero-order valence-electron chi connectivity index (χ0n) is 8.45. The van der Waals surface area contributed by atoms with Crippen LogP contribution in [0.1, 0.15) is 11.3 Å². The fourth-order valence-electron chi connectivity index (χ4n) is 1.32. The standard InChI is InChI=1S/C11H11NS/c1-8-11(12-9(2)13-8)10-6-4-3-5-7-10/h3-7H,1-2H3/i2D. The van der Waals surface area contributed by atoms with Crippen molar-refractivity contribution in [1.29, 1.82) is 0 Å². The van der Waals surface area contributed by atoms with Crippen LogP contribution < -0.4 is 0 Å². The largest absolute Gasteiger partial charge is 0.241 e. The zero-order chi connectivity index (χ0) is 9.97. The van der Waals surface area contributed by atoms with Crippen molar-refractivity contribution >= 4 is 11.3 Å². The molecule has 1 heterocycles. The number of nitrogens with zero attached hydrogens (tertiary/aromatic N) is 1. The highest BCUT2D eigenvalue weighted by atomic mass is 32.1. The van der Waals surface area contributed by atoms with Gasteiger partial charge in [0.25, 0.3) is 0 Å². The van der Waals surface area contributed by atoms with E-state index < -0.39 is 0 Å². The maximum absolute atomic E-state index is 7.26. The molecule has 0 amide bonds. The first-order valence-electron chi connectivity index (χ1n) is 4.83. The van der Waals surface area contributed by atoms with E-state index in [1.807, 2.05) is 18.2 Å². The monoisotopic (exact) mass is 190 g/mol. The molecule has 1 aromatic heterocycles. The van der Waals surface area contributed by atoms with Crippen molar-refractivity contribution in [3.8, 4) is 11.3 Å². The molecule has 13 heavy (non-hydrogen) atoms. The Morgan fingerprint density at radius 2 is 2.08 bits per heavy atom. The lowest BCUT2D eigenvalue weighted by atomic mass is 10.1. The van der Waals surface area contributed by atoms with Crippen LogP contribution in [0, 0.1) is 13.8 Å². The Morgan fingerprint density at radius 3 is 2.69 bits per heavy atom. The first-order valence-corrected chi connectivity index (χ1v) is 4.94. The highest BCUT2D eigenvalue weighted by Crippen LogP contribution is 2.26. The molecule has 0 aliphatic heterocycles. The Bertz CT molecular complexity index is 422. The third-order valence-electron chi connectivity index (χ3n) is 1.89. The summed E-state index contributed by atoms with van der Waals surface area (Å²) in [4.78, 5) is 5.62. The second-order valence-corrected chi connectivity index (χ2v) is 4.17. The Balaban J connectivity index is 2.46. The lowest BCUT2D eigenvalue weighted by Gasteiger charge is -1.96.